The SMILES string of the molecule is CCN(CC(=O)NC(C)C)C(=O)Cc1c(C)nn(CC(C)C)c1C. The van der Waals surface area contributed by atoms with Gasteiger partial charge in [-0.25, -0.2) is 0 Å². The van der Waals surface area contributed by atoms with E-state index in [-0.39, 0.29) is 24.4 Å². The number of hydrogen-bond donors (Lipinski definition) is 1. The quantitative estimate of drug-likeness (QED) is 0.790. The van der Waals surface area contributed by atoms with Gasteiger partial charge in [0.1, 0.15) is 0 Å². The monoisotopic (exact) mass is 336 g/mol. The largest absolute Gasteiger partial charge is 0.352 e. The molecule has 0 aliphatic heterocycles. The van der Waals surface area contributed by atoms with Crippen LogP contribution in [0.25, 0.3) is 0 Å². The van der Waals surface area contributed by atoms with Gasteiger partial charge in [-0.2, -0.15) is 5.10 Å². The van der Waals surface area contributed by atoms with E-state index in [1.54, 1.807) is 4.90 Å². The molecule has 1 heterocycles. The predicted octanol–water partition coefficient (Wildman–Crippen LogP) is 2.07. The van der Waals surface area contributed by atoms with E-state index >= 15 is 0 Å². The van der Waals surface area contributed by atoms with Crippen LogP contribution < -0.4 is 5.32 Å². The van der Waals surface area contributed by atoms with Crippen molar-refractivity contribution in [1.29, 1.82) is 0 Å². The fraction of sp³-hybridized carbons (Fsp3) is 0.722. The molecule has 6 heteroatoms. The van der Waals surface area contributed by atoms with Crippen LogP contribution in [0.2, 0.25) is 0 Å². The minimum absolute atomic E-state index is 0.0355. The molecule has 0 atom stereocenters. The van der Waals surface area contributed by atoms with Gasteiger partial charge >= 0.3 is 0 Å². The molecule has 1 N–H and O–H groups in total. The van der Waals surface area contributed by atoms with E-state index in [1.165, 1.54) is 0 Å². The van der Waals surface area contributed by atoms with Crippen molar-refractivity contribution in [3.05, 3.63) is 17.0 Å². The van der Waals surface area contributed by atoms with Gasteiger partial charge in [-0.3, -0.25) is 14.3 Å². The summed E-state index contributed by atoms with van der Waals surface area (Å²) in [6, 6.07) is 0.0741. The van der Waals surface area contributed by atoms with Crippen LogP contribution in [0.3, 0.4) is 0 Å². The average Bonchev–Trinajstić information content (AvgIpc) is 2.70. The number of rotatable bonds is 8. The summed E-state index contributed by atoms with van der Waals surface area (Å²) in [5.41, 5.74) is 2.91. The molecule has 0 radical (unpaired) electrons. The number of hydrogen-bond acceptors (Lipinski definition) is 3. The van der Waals surface area contributed by atoms with Gasteiger partial charge in [0.15, 0.2) is 0 Å². The fourth-order valence-corrected chi connectivity index (χ4v) is 2.69. The third-order valence-corrected chi connectivity index (χ3v) is 3.92. The van der Waals surface area contributed by atoms with Crippen molar-refractivity contribution in [3.63, 3.8) is 0 Å². The van der Waals surface area contributed by atoms with E-state index in [0.717, 1.165) is 23.5 Å². The van der Waals surface area contributed by atoms with E-state index in [9.17, 15) is 9.59 Å². The Morgan fingerprint density at radius 3 is 2.33 bits per heavy atom. The summed E-state index contributed by atoms with van der Waals surface area (Å²) in [5, 5.41) is 7.38. The number of nitrogens with zero attached hydrogens (tertiary/aromatic N) is 3. The minimum atomic E-state index is -0.121. The molecule has 0 aliphatic carbocycles. The Morgan fingerprint density at radius 1 is 1.21 bits per heavy atom. The van der Waals surface area contributed by atoms with Crippen LogP contribution in [0.4, 0.5) is 0 Å². The number of carbonyl (C=O) groups is 2. The van der Waals surface area contributed by atoms with Crippen molar-refractivity contribution in [2.24, 2.45) is 5.92 Å². The van der Waals surface area contributed by atoms with Gasteiger partial charge in [0.05, 0.1) is 18.7 Å². The Morgan fingerprint density at radius 2 is 1.83 bits per heavy atom. The lowest BCUT2D eigenvalue weighted by molar-refractivity contribution is -0.135. The van der Waals surface area contributed by atoms with E-state index in [4.69, 9.17) is 0 Å². The maximum Gasteiger partial charge on any atom is 0.239 e. The molecular weight excluding hydrogens is 304 g/mol. The zero-order valence-corrected chi connectivity index (χ0v) is 16.1. The highest BCUT2D eigenvalue weighted by molar-refractivity contribution is 5.86. The Bertz CT molecular complexity index is 576. The number of aromatic nitrogens is 2. The molecule has 1 rings (SSSR count). The lowest BCUT2D eigenvalue weighted by Crippen LogP contribution is -2.43. The van der Waals surface area contributed by atoms with Gasteiger partial charge in [0, 0.05) is 30.4 Å². The number of carbonyl (C=O) groups excluding carboxylic acids is 2. The van der Waals surface area contributed by atoms with Gasteiger partial charge in [0.25, 0.3) is 0 Å². The maximum atomic E-state index is 12.6. The average molecular weight is 336 g/mol. The van der Waals surface area contributed by atoms with Crippen LogP contribution in [0, 0.1) is 19.8 Å². The van der Waals surface area contributed by atoms with Crippen LogP contribution >= 0.6 is 0 Å². The Labute approximate surface area is 145 Å². The van der Waals surface area contributed by atoms with E-state index in [2.05, 4.69) is 24.3 Å². The first-order chi connectivity index (χ1) is 11.1. The Hall–Kier alpha value is -1.85. The second kappa shape index (κ2) is 8.85. The summed E-state index contributed by atoms with van der Waals surface area (Å²) in [4.78, 5) is 26.1. The maximum absolute atomic E-state index is 12.6. The molecule has 0 fully saturated rings. The second-order valence-electron chi connectivity index (χ2n) is 7.03. The summed E-state index contributed by atoms with van der Waals surface area (Å²) >= 11 is 0. The fourth-order valence-electron chi connectivity index (χ4n) is 2.69. The molecule has 0 unspecified atom stereocenters. The highest BCUT2D eigenvalue weighted by atomic mass is 16.2. The van der Waals surface area contributed by atoms with E-state index in [1.807, 2.05) is 39.3 Å². The molecule has 0 saturated heterocycles. The standard InChI is InChI=1S/C18H32N4O2/c1-8-21(11-17(23)19-13(4)5)18(24)9-16-14(6)20-22(15(16)7)10-12(2)3/h12-13H,8-11H2,1-7H3,(H,19,23). The smallest absolute Gasteiger partial charge is 0.239 e. The summed E-state index contributed by atoms with van der Waals surface area (Å²) in [5.74, 6) is 0.342. The van der Waals surface area contributed by atoms with Gasteiger partial charge in [0.2, 0.25) is 11.8 Å². The molecule has 0 spiro atoms. The molecule has 6 nitrogen and oxygen atoms in total. The molecule has 0 aromatic carbocycles. The lowest BCUT2D eigenvalue weighted by atomic mass is 10.1. The van der Waals surface area contributed by atoms with Crippen LogP contribution in [-0.4, -0.2) is 45.6 Å². The number of likely N-dealkylation sites (N-methyl/N-ethyl adjacent to an activating group) is 1. The first-order valence-corrected chi connectivity index (χ1v) is 8.75. The first-order valence-electron chi connectivity index (χ1n) is 8.75. The zero-order chi connectivity index (χ0) is 18.4. The second-order valence-corrected chi connectivity index (χ2v) is 7.03. The van der Waals surface area contributed by atoms with Crippen LogP contribution in [-0.2, 0) is 22.6 Å². The van der Waals surface area contributed by atoms with Crippen molar-refractivity contribution in [3.8, 4) is 0 Å². The summed E-state index contributed by atoms with van der Waals surface area (Å²) in [6.07, 6.45) is 0.290. The zero-order valence-electron chi connectivity index (χ0n) is 16.1. The third-order valence-electron chi connectivity index (χ3n) is 3.92. The predicted molar refractivity (Wildman–Crippen MR) is 95.8 cm³/mol. The van der Waals surface area contributed by atoms with Crippen molar-refractivity contribution in [1.82, 2.24) is 20.0 Å². The highest BCUT2D eigenvalue weighted by Crippen LogP contribution is 2.16. The van der Waals surface area contributed by atoms with Crippen molar-refractivity contribution in [2.75, 3.05) is 13.1 Å². The van der Waals surface area contributed by atoms with Gasteiger partial charge < -0.3 is 10.2 Å². The van der Waals surface area contributed by atoms with Gasteiger partial charge in [-0.05, 0) is 40.5 Å². The van der Waals surface area contributed by atoms with Crippen molar-refractivity contribution < 1.29 is 9.59 Å². The number of aryl methyl sites for hydroxylation is 1. The topological polar surface area (TPSA) is 67.2 Å². The molecule has 1 aromatic heterocycles. The molecular formula is C18H32N4O2. The molecule has 2 amide bonds. The van der Waals surface area contributed by atoms with Gasteiger partial charge in [-0.1, -0.05) is 13.8 Å². The summed E-state index contributed by atoms with van der Waals surface area (Å²) in [6.45, 7) is 15.4. The van der Waals surface area contributed by atoms with E-state index in [0.29, 0.717) is 18.9 Å². The number of amides is 2. The molecule has 24 heavy (non-hydrogen) atoms. The first kappa shape index (κ1) is 20.2. The molecule has 136 valence electrons. The molecule has 1 aromatic rings. The van der Waals surface area contributed by atoms with Crippen LogP contribution in [0.1, 0.15) is 51.6 Å². The minimum Gasteiger partial charge on any atom is -0.352 e. The highest BCUT2D eigenvalue weighted by Gasteiger charge is 2.20. The molecule has 0 saturated carbocycles. The summed E-state index contributed by atoms with van der Waals surface area (Å²) in [7, 11) is 0. The van der Waals surface area contributed by atoms with Crippen molar-refractivity contribution in [2.45, 2.75) is 67.5 Å². The van der Waals surface area contributed by atoms with Crippen LogP contribution in [0.5, 0.6) is 0 Å². The van der Waals surface area contributed by atoms with Crippen molar-refractivity contribution >= 4 is 11.8 Å². The Balaban J connectivity index is 2.81. The summed E-state index contributed by atoms with van der Waals surface area (Å²) < 4.78 is 1.98. The van der Waals surface area contributed by atoms with Crippen LogP contribution in [0.15, 0.2) is 0 Å². The Kier molecular flexibility index (Phi) is 7.45. The third kappa shape index (κ3) is 5.65. The number of nitrogens with one attached hydrogen (secondary N) is 1. The molecule has 0 aliphatic rings. The molecule has 0 bridgehead atoms. The van der Waals surface area contributed by atoms with Gasteiger partial charge in [-0.15, -0.1) is 0 Å². The van der Waals surface area contributed by atoms with E-state index < -0.39 is 0 Å². The normalized spacial score (nSPS) is 11.2. The lowest BCUT2D eigenvalue weighted by Gasteiger charge is -2.21.